The van der Waals surface area contributed by atoms with E-state index in [4.69, 9.17) is 16.3 Å². The van der Waals surface area contributed by atoms with Crippen LogP contribution in [0.4, 0.5) is 11.4 Å². The van der Waals surface area contributed by atoms with Crippen LogP contribution in [-0.4, -0.2) is 27.9 Å². The number of halogens is 1. The van der Waals surface area contributed by atoms with E-state index in [2.05, 4.69) is 10.5 Å². The summed E-state index contributed by atoms with van der Waals surface area (Å²) >= 11 is 5.79. The molecule has 0 spiro atoms. The van der Waals surface area contributed by atoms with Crippen molar-refractivity contribution in [2.24, 2.45) is 5.10 Å². The number of rotatable bonds is 8. The molecular formula is C23H15ClN4O7. The van der Waals surface area contributed by atoms with Gasteiger partial charge in [-0.1, -0.05) is 29.8 Å². The molecule has 3 aromatic rings. The third-order valence-electron chi connectivity index (χ3n) is 4.39. The summed E-state index contributed by atoms with van der Waals surface area (Å²) in [6, 6.07) is 15.4. The maximum Gasteiger partial charge on any atom is 0.336 e. The summed E-state index contributed by atoms with van der Waals surface area (Å²) in [6.07, 6.45) is 3.33. The highest BCUT2D eigenvalue weighted by molar-refractivity contribution is 6.30. The summed E-state index contributed by atoms with van der Waals surface area (Å²) in [4.78, 5) is 45.5. The monoisotopic (exact) mass is 494 g/mol. The van der Waals surface area contributed by atoms with Crippen molar-refractivity contribution in [2.45, 2.75) is 0 Å². The molecule has 1 amide bonds. The molecule has 0 saturated carbocycles. The molecule has 176 valence electrons. The van der Waals surface area contributed by atoms with Gasteiger partial charge in [-0.15, -0.1) is 0 Å². The summed E-state index contributed by atoms with van der Waals surface area (Å²) in [6.45, 7) is 0. The van der Waals surface area contributed by atoms with Crippen molar-refractivity contribution in [3.8, 4) is 5.75 Å². The van der Waals surface area contributed by atoms with Gasteiger partial charge in [-0.2, -0.15) is 5.10 Å². The number of hydrazone groups is 1. The van der Waals surface area contributed by atoms with Crippen molar-refractivity contribution < 1.29 is 24.2 Å². The number of carbonyl (C=O) groups excluding carboxylic acids is 2. The van der Waals surface area contributed by atoms with E-state index in [0.717, 1.165) is 18.4 Å². The topological polar surface area (TPSA) is 154 Å². The number of nitrogens with one attached hydrogen (secondary N) is 1. The first-order valence-corrected chi connectivity index (χ1v) is 10.1. The predicted molar refractivity (Wildman–Crippen MR) is 127 cm³/mol. The number of amides is 1. The Labute approximate surface area is 202 Å². The molecule has 0 heterocycles. The average molecular weight is 495 g/mol. The van der Waals surface area contributed by atoms with Gasteiger partial charge in [0.25, 0.3) is 11.6 Å². The van der Waals surface area contributed by atoms with Gasteiger partial charge in [-0.25, -0.2) is 10.2 Å². The highest BCUT2D eigenvalue weighted by Gasteiger charge is 2.20. The van der Waals surface area contributed by atoms with Gasteiger partial charge in [-0.3, -0.25) is 25.0 Å². The fourth-order valence-electron chi connectivity index (χ4n) is 2.77. The third kappa shape index (κ3) is 6.79. The van der Waals surface area contributed by atoms with Crippen LogP contribution in [0.25, 0.3) is 6.08 Å². The van der Waals surface area contributed by atoms with E-state index < -0.39 is 33.2 Å². The van der Waals surface area contributed by atoms with Crippen molar-refractivity contribution in [1.29, 1.82) is 0 Å². The zero-order valence-corrected chi connectivity index (χ0v) is 18.4. The molecule has 0 fully saturated rings. The summed E-state index contributed by atoms with van der Waals surface area (Å²) in [7, 11) is 0. The van der Waals surface area contributed by atoms with Gasteiger partial charge < -0.3 is 4.74 Å². The second-order valence-corrected chi connectivity index (χ2v) is 7.20. The van der Waals surface area contributed by atoms with Crippen LogP contribution in [0.5, 0.6) is 5.75 Å². The van der Waals surface area contributed by atoms with Crippen molar-refractivity contribution in [3.05, 3.63) is 115 Å². The van der Waals surface area contributed by atoms with E-state index in [0.29, 0.717) is 10.6 Å². The molecule has 12 heteroatoms. The minimum Gasteiger partial charge on any atom is -0.415 e. The fraction of sp³-hybridized carbons (Fsp3) is 0. The number of para-hydroxylation sites is 1. The van der Waals surface area contributed by atoms with Crippen molar-refractivity contribution in [2.75, 3.05) is 0 Å². The summed E-state index contributed by atoms with van der Waals surface area (Å²) in [5.74, 6) is -1.91. The molecule has 0 aliphatic rings. The Morgan fingerprint density at radius 1 is 0.971 bits per heavy atom. The first-order valence-electron chi connectivity index (χ1n) is 9.75. The van der Waals surface area contributed by atoms with Crippen LogP contribution < -0.4 is 10.2 Å². The fourth-order valence-corrected chi connectivity index (χ4v) is 2.89. The molecule has 35 heavy (non-hydrogen) atoms. The van der Waals surface area contributed by atoms with Crippen LogP contribution in [0.3, 0.4) is 0 Å². The molecule has 11 nitrogen and oxygen atoms in total. The summed E-state index contributed by atoms with van der Waals surface area (Å²) in [5, 5.41) is 26.5. The van der Waals surface area contributed by atoms with Gasteiger partial charge in [0, 0.05) is 40.4 Å². The predicted octanol–water partition coefficient (Wildman–Crippen LogP) is 4.54. The SMILES string of the molecule is O=C(/C=C/c1cccc([N+](=O)[O-])c1)Oc1c(/C=N/NC(=O)c2ccc(Cl)cc2)cccc1[N+](=O)[O-]. The Balaban J connectivity index is 1.78. The molecule has 3 rings (SSSR count). The maximum absolute atomic E-state index is 12.3. The maximum atomic E-state index is 12.3. The second-order valence-electron chi connectivity index (χ2n) is 6.77. The standard InChI is InChI=1S/C23H15ClN4O7/c24-18-10-8-16(9-11-18)23(30)26-25-14-17-4-2-6-20(28(33)34)22(17)35-21(29)12-7-15-3-1-5-19(13-15)27(31)32/h1-14H,(H,26,30)/b12-7+,25-14+. The molecule has 0 bridgehead atoms. The van der Waals surface area contributed by atoms with Crippen LogP contribution in [-0.2, 0) is 4.79 Å². The number of esters is 1. The molecule has 0 saturated heterocycles. The molecule has 1 N–H and O–H groups in total. The van der Waals surface area contributed by atoms with Crippen LogP contribution in [0.1, 0.15) is 21.5 Å². The molecule has 0 unspecified atom stereocenters. The lowest BCUT2D eigenvalue weighted by Crippen LogP contribution is -2.17. The molecule has 0 radical (unpaired) electrons. The first kappa shape index (κ1) is 24.7. The zero-order valence-electron chi connectivity index (χ0n) is 17.7. The molecule has 0 aromatic heterocycles. The molecule has 0 aliphatic heterocycles. The largest absolute Gasteiger partial charge is 0.415 e. The van der Waals surface area contributed by atoms with Gasteiger partial charge in [0.15, 0.2) is 0 Å². The number of nitro benzene ring substituents is 2. The number of hydrogen-bond acceptors (Lipinski definition) is 8. The van der Waals surface area contributed by atoms with E-state index in [-0.39, 0.29) is 16.8 Å². The van der Waals surface area contributed by atoms with E-state index in [9.17, 15) is 29.8 Å². The minimum atomic E-state index is -0.967. The number of hydrogen-bond donors (Lipinski definition) is 1. The summed E-state index contributed by atoms with van der Waals surface area (Å²) in [5.41, 5.74) is 2.27. The lowest BCUT2D eigenvalue weighted by molar-refractivity contribution is -0.385. The molecular weight excluding hydrogens is 480 g/mol. The second kappa shape index (κ2) is 11.3. The Hall–Kier alpha value is -4.90. The minimum absolute atomic E-state index is 0.0488. The third-order valence-corrected chi connectivity index (χ3v) is 4.65. The van der Waals surface area contributed by atoms with Gasteiger partial charge in [0.1, 0.15) is 0 Å². The normalized spacial score (nSPS) is 10.9. The Kier molecular flexibility index (Phi) is 7.98. The van der Waals surface area contributed by atoms with Gasteiger partial charge in [0.2, 0.25) is 5.75 Å². The van der Waals surface area contributed by atoms with Crippen molar-refractivity contribution in [1.82, 2.24) is 5.43 Å². The van der Waals surface area contributed by atoms with Crippen LogP contribution >= 0.6 is 11.6 Å². The average Bonchev–Trinajstić information content (AvgIpc) is 2.84. The van der Waals surface area contributed by atoms with E-state index in [1.165, 1.54) is 66.7 Å². The smallest absolute Gasteiger partial charge is 0.336 e. The number of nitrogens with zero attached hydrogens (tertiary/aromatic N) is 3. The Morgan fingerprint density at radius 3 is 2.37 bits per heavy atom. The van der Waals surface area contributed by atoms with E-state index >= 15 is 0 Å². The van der Waals surface area contributed by atoms with E-state index in [1.54, 1.807) is 0 Å². The Bertz CT molecular complexity index is 1350. The van der Waals surface area contributed by atoms with Gasteiger partial charge in [-0.05, 0) is 42.0 Å². The number of benzene rings is 3. The van der Waals surface area contributed by atoms with Crippen LogP contribution in [0.15, 0.2) is 77.9 Å². The molecule has 3 aromatic carbocycles. The number of carbonyl (C=O) groups is 2. The number of nitro groups is 2. The first-order chi connectivity index (χ1) is 16.7. The summed E-state index contributed by atoms with van der Waals surface area (Å²) < 4.78 is 5.17. The number of non-ortho nitro benzene ring substituents is 1. The van der Waals surface area contributed by atoms with Crippen LogP contribution in [0.2, 0.25) is 5.02 Å². The quantitative estimate of drug-likeness (QED) is 0.120. The lowest BCUT2D eigenvalue weighted by atomic mass is 10.2. The highest BCUT2D eigenvalue weighted by Crippen LogP contribution is 2.30. The van der Waals surface area contributed by atoms with Gasteiger partial charge >= 0.3 is 11.7 Å². The Morgan fingerprint density at radius 2 is 1.69 bits per heavy atom. The highest BCUT2D eigenvalue weighted by atomic mass is 35.5. The van der Waals surface area contributed by atoms with Gasteiger partial charge in [0.05, 0.1) is 16.1 Å². The lowest BCUT2D eigenvalue weighted by Gasteiger charge is -2.06. The number of ether oxygens (including phenoxy) is 1. The molecule has 0 atom stereocenters. The van der Waals surface area contributed by atoms with E-state index in [1.807, 2.05) is 0 Å². The van der Waals surface area contributed by atoms with Crippen molar-refractivity contribution >= 4 is 47.1 Å². The molecule has 0 aliphatic carbocycles. The zero-order chi connectivity index (χ0) is 25.4. The van der Waals surface area contributed by atoms with Crippen LogP contribution in [0, 0.1) is 20.2 Å². The van der Waals surface area contributed by atoms with Crippen molar-refractivity contribution in [3.63, 3.8) is 0 Å².